The van der Waals surface area contributed by atoms with Crippen molar-refractivity contribution in [3.05, 3.63) is 0 Å². The molecule has 1 aliphatic carbocycles. The van der Waals surface area contributed by atoms with Crippen LogP contribution in [0, 0.1) is 11.3 Å². The smallest absolute Gasteiger partial charge is 0.317 e. The first-order valence-electron chi connectivity index (χ1n) is 7.24. The maximum Gasteiger partial charge on any atom is 0.317 e. The number of ether oxygens (including phenoxy) is 2. The molecular formula is C15H26O4. The average Bonchev–Trinajstić information content (AvgIpc) is 2.27. The zero-order valence-corrected chi connectivity index (χ0v) is 12.4. The zero-order chi connectivity index (χ0) is 14.3. The SMILES string of the molecule is CCOC(=O)CC(=O)OCCC1CCCC(C)(C)C1. The lowest BCUT2D eigenvalue weighted by molar-refractivity contribution is -0.154. The average molecular weight is 270 g/mol. The Bertz CT molecular complexity index is 309. The molecule has 19 heavy (non-hydrogen) atoms. The second-order valence-electron chi connectivity index (χ2n) is 6.12. The maximum absolute atomic E-state index is 11.4. The number of carbonyl (C=O) groups excluding carboxylic acids is 2. The summed E-state index contributed by atoms with van der Waals surface area (Å²) in [6.07, 6.45) is 5.59. The Morgan fingerprint density at radius 1 is 1.21 bits per heavy atom. The van der Waals surface area contributed by atoms with Crippen LogP contribution in [0.2, 0.25) is 0 Å². The van der Waals surface area contributed by atoms with Gasteiger partial charge in [-0.25, -0.2) is 0 Å². The van der Waals surface area contributed by atoms with Gasteiger partial charge in [-0.1, -0.05) is 26.7 Å². The quantitative estimate of drug-likeness (QED) is 0.550. The fraction of sp³-hybridized carbons (Fsp3) is 0.867. The third-order valence-electron chi connectivity index (χ3n) is 3.69. The fourth-order valence-corrected chi connectivity index (χ4v) is 2.82. The Kier molecular flexibility index (Phi) is 6.32. The topological polar surface area (TPSA) is 52.6 Å². The third-order valence-corrected chi connectivity index (χ3v) is 3.69. The van der Waals surface area contributed by atoms with Crippen molar-refractivity contribution in [1.29, 1.82) is 0 Å². The number of rotatable bonds is 6. The van der Waals surface area contributed by atoms with Crippen LogP contribution in [0.5, 0.6) is 0 Å². The van der Waals surface area contributed by atoms with Gasteiger partial charge < -0.3 is 9.47 Å². The van der Waals surface area contributed by atoms with Crippen LogP contribution in [-0.4, -0.2) is 25.2 Å². The summed E-state index contributed by atoms with van der Waals surface area (Å²) in [7, 11) is 0. The second-order valence-corrected chi connectivity index (χ2v) is 6.12. The summed E-state index contributed by atoms with van der Waals surface area (Å²) in [5, 5.41) is 0. The molecule has 1 atom stereocenters. The lowest BCUT2D eigenvalue weighted by Crippen LogP contribution is -2.24. The van der Waals surface area contributed by atoms with Gasteiger partial charge in [-0.3, -0.25) is 9.59 Å². The molecule has 110 valence electrons. The van der Waals surface area contributed by atoms with Crippen LogP contribution in [0.15, 0.2) is 0 Å². The van der Waals surface area contributed by atoms with Crippen molar-refractivity contribution in [2.75, 3.05) is 13.2 Å². The molecule has 0 heterocycles. The van der Waals surface area contributed by atoms with Gasteiger partial charge in [-0.05, 0) is 37.5 Å². The summed E-state index contributed by atoms with van der Waals surface area (Å²) in [6, 6.07) is 0. The molecule has 0 spiro atoms. The highest BCUT2D eigenvalue weighted by atomic mass is 16.6. The number of carbonyl (C=O) groups is 2. The molecule has 1 unspecified atom stereocenters. The number of hydrogen-bond acceptors (Lipinski definition) is 4. The van der Waals surface area contributed by atoms with Crippen LogP contribution >= 0.6 is 0 Å². The lowest BCUT2D eigenvalue weighted by atomic mass is 9.71. The van der Waals surface area contributed by atoms with Gasteiger partial charge in [0, 0.05) is 0 Å². The van der Waals surface area contributed by atoms with Crippen LogP contribution in [0.4, 0.5) is 0 Å². The molecule has 1 saturated carbocycles. The minimum absolute atomic E-state index is 0.274. The van der Waals surface area contributed by atoms with E-state index >= 15 is 0 Å². The van der Waals surface area contributed by atoms with Gasteiger partial charge in [0.2, 0.25) is 0 Å². The summed E-state index contributed by atoms with van der Waals surface area (Å²) >= 11 is 0. The first-order chi connectivity index (χ1) is 8.93. The van der Waals surface area contributed by atoms with E-state index < -0.39 is 11.9 Å². The van der Waals surface area contributed by atoms with Crippen molar-refractivity contribution < 1.29 is 19.1 Å². The van der Waals surface area contributed by atoms with E-state index in [1.165, 1.54) is 25.7 Å². The summed E-state index contributed by atoms with van der Waals surface area (Å²) in [5.74, 6) is -0.348. The molecule has 4 heteroatoms. The van der Waals surface area contributed by atoms with Crippen molar-refractivity contribution in [2.24, 2.45) is 11.3 Å². The third kappa shape index (κ3) is 6.60. The van der Waals surface area contributed by atoms with E-state index in [1.54, 1.807) is 6.92 Å². The monoisotopic (exact) mass is 270 g/mol. The number of esters is 2. The van der Waals surface area contributed by atoms with E-state index in [2.05, 4.69) is 13.8 Å². The fourth-order valence-electron chi connectivity index (χ4n) is 2.82. The van der Waals surface area contributed by atoms with Gasteiger partial charge >= 0.3 is 11.9 Å². The maximum atomic E-state index is 11.4. The van der Waals surface area contributed by atoms with Crippen LogP contribution in [-0.2, 0) is 19.1 Å². The minimum atomic E-state index is -0.508. The zero-order valence-electron chi connectivity index (χ0n) is 12.4. The van der Waals surface area contributed by atoms with E-state index in [0.717, 1.165) is 6.42 Å². The highest BCUT2D eigenvalue weighted by Gasteiger charge is 2.27. The van der Waals surface area contributed by atoms with E-state index in [1.807, 2.05) is 0 Å². The Balaban J connectivity index is 2.16. The molecule has 0 amide bonds. The molecule has 0 aromatic rings. The highest BCUT2D eigenvalue weighted by Crippen LogP contribution is 2.39. The van der Waals surface area contributed by atoms with Gasteiger partial charge in [-0.15, -0.1) is 0 Å². The first-order valence-corrected chi connectivity index (χ1v) is 7.24. The van der Waals surface area contributed by atoms with Gasteiger partial charge in [0.25, 0.3) is 0 Å². The van der Waals surface area contributed by atoms with Crippen LogP contribution in [0.25, 0.3) is 0 Å². The molecule has 0 bridgehead atoms. The molecule has 0 aliphatic heterocycles. The van der Waals surface area contributed by atoms with Crippen molar-refractivity contribution in [3.8, 4) is 0 Å². The Hall–Kier alpha value is -1.06. The second kappa shape index (κ2) is 7.51. The Morgan fingerprint density at radius 2 is 1.89 bits per heavy atom. The molecule has 0 radical (unpaired) electrons. The summed E-state index contributed by atoms with van der Waals surface area (Å²) in [4.78, 5) is 22.5. The highest BCUT2D eigenvalue weighted by molar-refractivity contribution is 5.91. The Labute approximate surface area is 115 Å². The number of hydrogen-bond donors (Lipinski definition) is 0. The molecule has 0 N–H and O–H groups in total. The molecule has 1 rings (SSSR count). The molecule has 0 aromatic carbocycles. The summed E-state index contributed by atoms with van der Waals surface area (Å²) in [5.41, 5.74) is 0.415. The normalized spacial score (nSPS) is 21.7. The van der Waals surface area contributed by atoms with Gasteiger partial charge in [0.05, 0.1) is 13.2 Å². The van der Waals surface area contributed by atoms with Gasteiger partial charge in [-0.2, -0.15) is 0 Å². The standard InChI is InChI=1S/C15H26O4/c1-4-18-13(16)10-14(17)19-9-7-12-6-5-8-15(2,3)11-12/h12H,4-11H2,1-3H3. The van der Waals surface area contributed by atoms with Gasteiger partial charge in [0.15, 0.2) is 0 Å². The van der Waals surface area contributed by atoms with Crippen molar-refractivity contribution in [2.45, 2.75) is 59.3 Å². The van der Waals surface area contributed by atoms with Crippen molar-refractivity contribution >= 4 is 11.9 Å². The molecule has 0 aromatic heterocycles. The summed E-state index contributed by atoms with van der Waals surface area (Å²) < 4.78 is 9.79. The minimum Gasteiger partial charge on any atom is -0.466 e. The molecule has 0 saturated heterocycles. The molecule has 1 fully saturated rings. The molecule has 1 aliphatic rings. The Morgan fingerprint density at radius 3 is 2.53 bits per heavy atom. The van der Waals surface area contributed by atoms with Crippen LogP contribution in [0.3, 0.4) is 0 Å². The van der Waals surface area contributed by atoms with E-state index in [9.17, 15) is 9.59 Å². The van der Waals surface area contributed by atoms with Crippen molar-refractivity contribution in [1.82, 2.24) is 0 Å². The van der Waals surface area contributed by atoms with Gasteiger partial charge in [0.1, 0.15) is 6.42 Å². The van der Waals surface area contributed by atoms with E-state index in [4.69, 9.17) is 9.47 Å². The van der Waals surface area contributed by atoms with E-state index in [-0.39, 0.29) is 6.42 Å². The van der Waals surface area contributed by atoms with Crippen LogP contribution < -0.4 is 0 Å². The lowest BCUT2D eigenvalue weighted by Gasteiger charge is -2.35. The van der Waals surface area contributed by atoms with Crippen LogP contribution in [0.1, 0.15) is 59.3 Å². The summed E-state index contributed by atoms with van der Waals surface area (Å²) in [6.45, 7) is 7.02. The first kappa shape index (κ1) is 16.0. The van der Waals surface area contributed by atoms with E-state index in [0.29, 0.717) is 24.5 Å². The van der Waals surface area contributed by atoms with Crippen molar-refractivity contribution in [3.63, 3.8) is 0 Å². The predicted molar refractivity (Wildman–Crippen MR) is 72.6 cm³/mol. The predicted octanol–water partition coefficient (Wildman–Crippen LogP) is 3.09. The molecular weight excluding hydrogens is 244 g/mol. The largest absolute Gasteiger partial charge is 0.466 e. The molecule has 4 nitrogen and oxygen atoms in total.